The average Bonchev–Trinajstić information content (AvgIpc) is 2.15. The van der Waals surface area contributed by atoms with Crippen LogP contribution in [-0.2, 0) is 6.42 Å². The Bertz CT molecular complexity index is 347. The second-order valence-corrected chi connectivity index (χ2v) is 6.14. The number of hydrogen-bond donors (Lipinski definition) is 0. The molecule has 0 radical (unpaired) electrons. The average molecular weight is 306 g/mol. The van der Waals surface area contributed by atoms with Crippen LogP contribution < -0.4 is 0 Å². The smallest absolute Gasteiger partial charge is 0.124 e. The second-order valence-electron chi connectivity index (χ2n) is 4.61. The van der Waals surface area contributed by atoms with E-state index in [0.717, 1.165) is 29.3 Å². The maximum Gasteiger partial charge on any atom is 0.124 e. The Morgan fingerprint density at radius 1 is 1.31 bits per heavy atom. The van der Waals surface area contributed by atoms with Gasteiger partial charge in [0.25, 0.3) is 0 Å². The molecule has 1 fully saturated rings. The molecule has 0 spiro atoms. The van der Waals surface area contributed by atoms with Gasteiger partial charge in [-0.1, -0.05) is 28.8 Å². The molecule has 0 N–H and O–H groups in total. The van der Waals surface area contributed by atoms with E-state index in [0.29, 0.717) is 11.3 Å². The van der Waals surface area contributed by atoms with Crippen LogP contribution in [0, 0.1) is 11.7 Å². The summed E-state index contributed by atoms with van der Waals surface area (Å²) in [4.78, 5) is 0. The summed E-state index contributed by atoms with van der Waals surface area (Å²) in [5.74, 6) is 0.451. The van der Waals surface area contributed by atoms with Crippen LogP contribution in [0.25, 0.3) is 0 Å². The van der Waals surface area contributed by atoms with Gasteiger partial charge in [0.1, 0.15) is 5.82 Å². The molecule has 0 aromatic heterocycles. The third kappa shape index (κ3) is 3.46. The number of rotatable bonds is 2. The molecule has 1 aliphatic carbocycles. The van der Waals surface area contributed by atoms with Crippen molar-refractivity contribution in [2.75, 3.05) is 0 Å². The molecule has 1 saturated carbocycles. The predicted molar refractivity (Wildman–Crippen MR) is 69.4 cm³/mol. The van der Waals surface area contributed by atoms with Crippen molar-refractivity contribution in [1.82, 2.24) is 0 Å². The highest BCUT2D eigenvalue weighted by Crippen LogP contribution is 2.30. The van der Waals surface area contributed by atoms with Gasteiger partial charge < -0.3 is 0 Å². The third-order valence-electron chi connectivity index (χ3n) is 3.17. The lowest BCUT2D eigenvalue weighted by Crippen LogP contribution is -2.17. The highest BCUT2D eigenvalue weighted by atomic mass is 79.9. The number of hydrogen-bond acceptors (Lipinski definition) is 0. The minimum absolute atomic E-state index is 0.164. The Kier molecular flexibility index (Phi) is 4.26. The summed E-state index contributed by atoms with van der Waals surface area (Å²) in [6.07, 6.45) is 5.56. The van der Waals surface area contributed by atoms with E-state index in [4.69, 9.17) is 11.6 Å². The first-order valence-electron chi connectivity index (χ1n) is 5.72. The van der Waals surface area contributed by atoms with Crippen LogP contribution in [0.1, 0.15) is 31.2 Å². The molecule has 0 heterocycles. The zero-order valence-corrected chi connectivity index (χ0v) is 11.4. The lowest BCUT2D eigenvalue weighted by molar-refractivity contribution is 0.361. The molecule has 0 saturated heterocycles. The molecule has 0 amide bonds. The van der Waals surface area contributed by atoms with Crippen molar-refractivity contribution in [1.29, 1.82) is 0 Å². The topological polar surface area (TPSA) is 0 Å². The van der Waals surface area contributed by atoms with Gasteiger partial charge in [-0.25, -0.2) is 4.39 Å². The Labute approximate surface area is 109 Å². The molecule has 1 aliphatic rings. The van der Waals surface area contributed by atoms with Gasteiger partial charge in [0.2, 0.25) is 0 Å². The fraction of sp³-hybridized carbons (Fsp3) is 0.538. The van der Waals surface area contributed by atoms with E-state index < -0.39 is 0 Å². The monoisotopic (exact) mass is 304 g/mol. The first-order valence-corrected chi connectivity index (χ1v) is 6.95. The van der Waals surface area contributed by atoms with Crippen LogP contribution in [0.5, 0.6) is 0 Å². The van der Waals surface area contributed by atoms with Crippen molar-refractivity contribution in [3.63, 3.8) is 0 Å². The lowest BCUT2D eigenvalue weighted by Gasteiger charge is -2.25. The maximum absolute atomic E-state index is 13.2. The number of halogens is 3. The van der Waals surface area contributed by atoms with E-state index in [1.807, 2.05) is 6.07 Å². The van der Waals surface area contributed by atoms with Crippen LogP contribution in [0.15, 0.2) is 22.7 Å². The summed E-state index contributed by atoms with van der Waals surface area (Å²) in [6.45, 7) is 0. The molecular weight excluding hydrogens is 290 g/mol. The summed E-state index contributed by atoms with van der Waals surface area (Å²) >= 11 is 9.48. The lowest BCUT2D eigenvalue weighted by atomic mass is 9.84. The minimum atomic E-state index is -0.164. The van der Waals surface area contributed by atoms with Crippen LogP contribution in [-0.4, -0.2) is 5.38 Å². The molecule has 2 atom stereocenters. The Morgan fingerprint density at radius 3 is 2.81 bits per heavy atom. The Morgan fingerprint density at radius 2 is 2.12 bits per heavy atom. The van der Waals surface area contributed by atoms with Gasteiger partial charge in [0.15, 0.2) is 0 Å². The van der Waals surface area contributed by atoms with Crippen molar-refractivity contribution in [2.24, 2.45) is 5.92 Å². The zero-order chi connectivity index (χ0) is 11.5. The highest BCUT2D eigenvalue weighted by Gasteiger charge is 2.20. The normalized spacial score (nSPS) is 25.7. The van der Waals surface area contributed by atoms with Crippen molar-refractivity contribution in [3.8, 4) is 0 Å². The van der Waals surface area contributed by atoms with Gasteiger partial charge in [-0.3, -0.25) is 0 Å². The molecule has 3 heteroatoms. The fourth-order valence-electron chi connectivity index (χ4n) is 2.47. The van der Waals surface area contributed by atoms with Gasteiger partial charge in [-0.15, -0.1) is 11.6 Å². The quantitative estimate of drug-likeness (QED) is 0.680. The summed E-state index contributed by atoms with van der Waals surface area (Å²) in [5.41, 5.74) is 1.07. The molecule has 0 bridgehead atoms. The van der Waals surface area contributed by atoms with E-state index in [-0.39, 0.29) is 5.82 Å². The van der Waals surface area contributed by atoms with Crippen LogP contribution in [0.4, 0.5) is 4.39 Å². The summed E-state index contributed by atoms with van der Waals surface area (Å²) in [5, 5.41) is 0.316. The minimum Gasteiger partial charge on any atom is -0.207 e. The molecule has 1 aromatic carbocycles. The molecular formula is C13H15BrClF. The van der Waals surface area contributed by atoms with E-state index >= 15 is 0 Å². The zero-order valence-electron chi connectivity index (χ0n) is 9.06. The first-order chi connectivity index (χ1) is 7.63. The molecule has 0 aliphatic heterocycles. The highest BCUT2D eigenvalue weighted by molar-refractivity contribution is 9.10. The molecule has 16 heavy (non-hydrogen) atoms. The van der Waals surface area contributed by atoms with Crippen LogP contribution in [0.3, 0.4) is 0 Å². The Balaban J connectivity index is 2.02. The second kappa shape index (κ2) is 5.50. The van der Waals surface area contributed by atoms with Crippen molar-refractivity contribution < 1.29 is 4.39 Å². The van der Waals surface area contributed by atoms with E-state index in [9.17, 15) is 4.39 Å². The van der Waals surface area contributed by atoms with Gasteiger partial charge in [-0.05, 0) is 48.9 Å². The summed E-state index contributed by atoms with van der Waals surface area (Å²) in [7, 11) is 0. The van der Waals surface area contributed by atoms with Gasteiger partial charge in [-0.2, -0.15) is 0 Å². The van der Waals surface area contributed by atoms with Gasteiger partial charge in [0, 0.05) is 9.85 Å². The summed E-state index contributed by atoms with van der Waals surface area (Å²) < 4.78 is 14.0. The van der Waals surface area contributed by atoms with E-state index in [1.54, 1.807) is 6.07 Å². The number of benzene rings is 1. The van der Waals surface area contributed by atoms with Crippen molar-refractivity contribution in [3.05, 3.63) is 34.1 Å². The molecule has 1 aromatic rings. The van der Waals surface area contributed by atoms with E-state index in [2.05, 4.69) is 15.9 Å². The molecule has 0 nitrogen and oxygen atoms in total. The van der Waals surface area contributed by atoms with Crippen LogP contribution >= 0.6 is 27.5 Å². The summed E-state index contributed by atoms with van der Waals surface area (Å²) in [6, 6.07) is 5.12. The van der Waals surface area contributed by atoms with Gasteiger partial charge in [0.05, 0.1) is 0 Å². The van der Waals surface area contributed by atoms with Crippen LogP contribution in [0.2, 0.25) is 0 Å². The maximum atomic E-state index is 13.2. The first kappa shape index (κ1) is 12.4. The Hall–Kier alpha value is -0.0800. The molecule has 88 valence electrons. The largest absolute Gasteiger partial charge is 0.207 e. The SMILES string of the molecule is Fc1cc(Br)cc(CC2CCCC(Cl)C2)c1. The fourth-order valence-corrected chi connectivity index (χ4v) is 3.39. The van der Waals surface area contributed by atoms with Crippen molar-refractivity contribution in [2.45, 2.75) is 37.5 Å². The van der Waals surface area contributed by atoms with Crippen molar-refractivity contribution >= 4 is 27.5 Å². The molecule has 2 unspecified atom stereocenters. The van der Waals surface area contributed by atoms with Gasteiger partial charge >= 0.3 is 0 Å². The van der Waals surface area contributed by atoms with E-state index in [1.165, 1.54) is 18.9 Å². The number of alkyl halides is 1. The third-order valence-corrected chi connectivity index (χ3v) is 4.02. The standard InChI is InChI=1S/C13H15BrClF/c14-11-5-10(7-13(16)8-11)4-9-2-1-3-12(15)6-9/h5,7-9,12H,1-4,6H2. The molecule has 2 rings (SSSR count). The predicted octanol–water partition coefficient (Wildman–Crippen LogP) is 4.93.